The number of carboxylic acids is 1. The summed E-state index contributed by atoms with van der Waals surface area (Å²) in [6.45, 7) is -0.169. The summed E-state index contributed by atoms with van der Waals surface area (Å²) in [5, 5.41) is 18.4. The van der Waals surface area contributed by atoms with Gasteiger partial charge >= 0.3 is 12.0 Å². The number of amides is 2. The Morgan fingerprint density at radius 2 is 2.00 bits per heavy atom. The molecule has 1 rings (SSSR count). The summed E-state index contributed by atoms with van der Waals surface area (Å²) in [7, 11) is -3.66. The number of sulfonamides is 1. The van der Waals surface area contributed by atoms with Gasteiger partial charge in [-0.15, -0.1) is 0 Å². The van der Waals surface area contributed by atoms with E-state index in [2.05, 4.69) is 10.6 Å². The number of nitrogens with two attached hydrogens (primary N) is 1. The van der Waals surface area contributed by atoms with Gasteiger partial charge in [0.2, 0.25) is 10.0 Å². The van der Waals surface area contributed by atoms with Gasteiger partial charge in [-0.25, -0.2) is 23.1 Å². The molecule has 0 fully saturated rings. The van der Waals surface area contributed by atoms with E-state index >= 15 is 0 Å². The second-order valence-corrected chi connectivity index (χ2v) is 6.72. The summed E-state index contributed by atoms with van der Waals surface area (Å²) in [5.41, 5.74) is 0.0597. The van der Waals surface area contributed by atoms with Crippen molar-refractivity contribution in [2.75, 3.05) is 17.6 Å². The molecule has 0 atom stereocenters. The zero-order chi connectivity index (χ0) is 15.3. The van der Waals surface area contributed by atoms with Crippen LogP contribution in [-0.4, -0.2) is 37.8 Å². The van der Waals surface area contributed by atoms with Crippen molar-refractivity contribution in [3.63, 3.8) is 0 Å². The van der Waals surface area contributed by atoms with Gasteiger partial charge in [0.05, 0.1) is 17.0 Å². The number of primary sulfonamides is 1. The van der Waals surface area contributed by atoms with Crippen LogP contribution in [0.3, 0.4) is 0 Å². The molecule has 0 saturated carbocycles. The van der Waals surface area contributed by atoms with Crippen molar-refractivity contribution in [2.24, 2.45) is 5.14 Å². The first kappa shape index (κ1) is 16.7. The molecule has 0 bridgehead atoms. The zero-order valence-corrected chi connectivity index (χ0v) is 13.1. The molecule has 1 aromatic rings. The van der Waals surface area contributed by atoms with Crippen LogP contribution in [0.15, 0.2) is 18.2 Å². The maximum atomic E-state index is 11.5. The molecule has 0 saturated heterocycles. The van der Waals surface area contributed by atoms with Crippen molar-refractivity contribution in [3.8, 4) is 0 Å². The lowest BCUT2D eigenvalue weighted by Crippen LogP contribution is -2.34. The number of rotatable bonds is 5. The van der Waals surface area contributed by atoms with Crippen molar-refractivity contribution < 1.29 is 23.1 Å². The minimum absolute atomic E-state index is 0.0569. The average Bonchev–Trinajstić information content (AvgIpc) is 2.29. The van der Waals surface area contributed by atoms with Gasteiger partial charge in [0.1, 0.15) is 0 Å². The fraction of sp³-hybridized carbons (Fsp3) is 0.200. The molecule has 1 aromatic carbocycles. The van der Waals surface area contributed by atoms with Gasteiger partial charge in [0.15, 0.2) is 0 Å². The van der Waals surface area contributed by atoms with Gasteiger partial charge in [0.25, 0.3) is 0 Å². The molecule has 20 heavy (non-hydrogen) atoms. The molecule has 0 heterocycles. The van der Waals surface area contributed by atoms with E-state index in [1.807, 2.05) is 22.6 Å². The van der Waals surface area contributed by atoms with Gasteiger partial charge < -0.3 is 15.7 Å². The number of hydrogen-bond donors (Lipinski definition) is 4. The molecule has 0 spiro atoms. The molecule has 0 aliphatic rings. The molecular weight excluding hydrogens is 401 g/mol. The van der Waals surface area contributed by atoms with E-state index < -0.39 is 27.8 Å². The van der Waals surface area contributed by atoms with Crippen LogP contribution in [0.4, 0.5) is 10.5 Å². The third kappa shape index (κ3) is 5.71. The highest BCUT2D eigenvalue weighted by Gasteiger charge is 2.13. The maximum absolute atomic E-state index is 11.5. The Morgan fingerprint density at radius 1 is 1.35 bits per heavy atom. The Morgan fingerprint density at radius 3 is 2.55 bits per heavy atom. The summed E-state index contributed by atoms with van der Waals surface area (Å²) < 4.78 is 22.1. The lowest BCUT2D eigenvalue weighted by atomic mass is 10.2. The summed E-state index contributed by atoms with van der Waals surface area (Å²) in [5.74, 6) is -1.58. The molecule has 0 aliphatic heterocycles. The highest BCUT2D eigenvalue weighted by atomic mass is 127. The molecular formula is C10H12IN3O5S. The van der Waals surface area contributed by atoms with Gasteiger partial charge in [-0.2, -0.15) is 0 Å². The van der Waals surface area contributed by atoms with Gasteiger partial charge in [-0.05, 0) is 40.8 Å². The first-order valence-electron chi connectivity index (χ1n) is 5.27. The predicted octanol–water partition coefficient (Wildman–Crippen LogP) is 0.399. The number of hydrogen-bond acceptors (Lipinski definition) is 4. The third-order valence-corrected chi connectivity index (χ3v) is 3.58. The van der Waals surface area contributed by atoms with Crippen molar-refractivity contribution in [3.05, 3.63) is 27.3 Å². The quantitative estimate of drug-likeness (QED) is 0.518. The molecule has 8 nitrogen and oxygen atoms in total. The Kier molecular flexibility index (Phi) is 5.71. The first-order chi connectivity index (χ1) is 9.19. The van der Waals surface area contributed by atoms with E-state index in [9.17, 15) is 18.0 Å². The number of halogens is 1. The number of anilines is 1. The molecule has 2 amide bonds. The summed E-state index contributed by atoms with van der Waals surface area (Å²) in [6, 6.07) is 3.78. The number of benzene rings is 1. The van der Waals surface area contributed by atoms with Gasteiger partial charge in [0, 0.05) is 10.1 Å². The van der Waals surface area contributed by atoms with Crippen molar-refractivity contribution in [2.45, 2.75) is 0 Å². The molecule has 0 radical (unpaired) electrons. The monoisotopic (exact) mass is 413 g/mol. The maximum Gasteiger partial charge on any atom is 0.337 e. The zero-order valence-electron chi connectivity index (χ0n) is 10.1. The van der Waals surface area contributed by atoms with Crippen molar-refractivity contribution >= 4 is 50.3 Å². The topological polar surface area (TPSA) is 139 Å². The Bertz CT molecular complexity index is 632. The number of carbonyl (C=O) groups excluding carboxylic acids is 1. The number of aromatic carboxylic acids is 1. The predicted molar refractivity (Wildman–Crippen MR) is 81.1 cm³/mol. The molecule has 110 valence electrons. The Balaban J connectivity index is 2.69. The number of carboxylic acid groups (broad SMARTS) is 1. The van der Waals surface area contributed by atoms with Crippen LogP contribution in [0.25, 0.3) is 0 Å². The Labute approximate surface area is 128 Å². The highest BCUT2D eigenvalue weighted by Crippen LogP contribution is 2.18. The van der Waals surface area contributed by atoms with E-state index in [0.717, 1.165) is 0 Å². The minimum atomic E-state index is -3.66. The third-order valence-electron chi connectivity index (χ3n) is 2.13. The van der Waals surface area contributed by atoms with E-state index in [1.165, 1.54) is 12.1 Å². The van der Waals surface area contributed by atoms with E-state index in [4.69, 9.17) is 10.2 Å². The molecule has 10 heteroatoms. The fourth-order valence-electron chi connectivity index (χ4n) is 1.28. The van der Waals surface area contributed by atoms with E-state index in [-0.39, 0.29) is 17.8 Å². The second kappa shape index (κ2) is 6.85. The largest absolute Gasteiger partial charge is 0.478 e. The lowest BCUT2D eigenvalue weighted by Gasteiger charge is -2.10. The molecule has 0 aliphatic carbocycles. The molecule has 0 unspecified atom stereocenters. The molecule has 5 N–H and O–H groups in total. The fourth-order valence-corrected chi connectivity index (χ4v) is 2.15. The summed E-state index contributed by atoms with van der Waals surface area (Å²) in [4.78, 5) is 22.5. The van der Waals surface area contributed by atoms with Gasteiger partial charge in [-0.3, -0.25) is 0 Å². The number of carbonyl (C=O) groups is 2. The van der Waals surface area contributed by atoms with Crippen LogP contribution >= 0.6 is 22.6 Å². The van der Waals surface area contributed by atoms with Crippen LogP contribution in [0.1, 0.15) is 10.4 Å². The lowest BCUT2D eigenvalue weighted by molar-refractivity contribution is 0.0698. The first-order valence-corrected chi connectivity index (χ1v) is 8.06. The van der Waals surface area contributed by atoms with E-state index in [0.29, 0.717) is 3.57 Å². The van der Waals surface area contributed by atoms with Crippen LogP contribution in [0.5, 0.6) is 0 Å². The van der Waals surface area contributed by atoms with E-state index in [1.54, 1.807) is 6.07 Å². The van der Waals surface area contributed by atoms with Crippen LogP contribution in [-0.2, 0) is 10.0 Å². The van der Waals surface area contributed by atoms with Crippen molar-refractivity contribution in [1.29, 1.82) is 0 Å². The highest BCUT2D eigenvalue weighted by molar-refractivity contribution is 14.1. The van der Waals surface area contributed by atoms with Crippen molar-refractivity contribution in [1.82, 2.24) is 5.32 Å². The van der Waals surface area contributed by atoms with Crippen LogP contribution < -0.4 is 15.8 Å². The molecule has 0 aromatic heterocycles. The normalized spacial score (nSPS) is 10.9. The number of nitrogens with one attached hydrogen (secondary N) is 2. The minimum Gasteiger partial charge on any atom is -0.478 e. The summed E-state index contributed by atoms with van der Waals surface area (Å²) >= 11 is 1.95. The summed E-state index contributed by atoms with van der Waals surface area (Å²) in [6.07, 6.45) is 0. The van der Waals surface area contributed by atoms with Gasteiger partial charge in [-0.1, -0.05) is 0 Å². The standard InChI is InChI=1S/C10H12IN3O5S/c11-6-1-2-8(7(5-6)9(15)16)14-10(17)13-3-4-20(12,18)19/h1-2,5H,3-4H2,(H,15,16)(H2,12,18,19)(H2,13,14,17). The average molecular weight is 413 g/mol. The number of urea groups is 1. The Hall–Kier alpha value is -1.40. The van der Waals surface area contributed by atoms with Crippen LogP contribution in [0.2, 0.25) is 0 Å². The van der Waals surface area contributed by atoms with Crippen LogP contribution in [0, 0.1) is 3.57 Å². The smallest absolute Gasteiger partial charge is 0.337 e. The second-order valence-electron chi connectivity index (χ2n) is 3.74. The SMILES string of the molecule is NS(=O)(=O)CCNC(=O)Nc1ccc(I)cc1C(=O)O.